The third-order valence-electron chi connectivity index (χ3n) is 5.30. The van der Waals surface area contributed by atoms with Crippen molar-refractivity contribution < 1.29 is 14.3 Å². The van der Waals surface area contributed by atoms with E-state index in [2.05, 4.69) is 29.0 Å². The average molecular weight is 369 g/mol. The first-order valence-electron chi connectivity index (χ1n) is 10.0. The Morgan fingerprint density at radius 2 is 2.00 bits per heavy atom. The number of rotatable bonds is 9. The summed E-state index contributed by atoms with van der Waals surface area (Å²) in [6.45, 7) is 12.0. The number of morpholine rings is 1. The van der Waals surface area contributed by atoms with Gasteiger partial charge in [-0.2, -0.15) is 0 Å². The highest BCUT2D eigenvalue weighted by Crippen LogP contribution is 2.13. The fourth-order valence-electron chi connectivity index (χ4n) is 3.48. The minimum absolute atomic E-state index is 0.00456. The maximum Gasteiger partial charge on any atom is 0.237 e. The smallest absolute Gasteiger partial charge is 0.237 e. The maximum atomic E-state index is 12.6. The van der Waals surface area contributed by atoms with E-state index < -0.39 is 0 Å². The van der Waals surface area contributed by atoms with Gasteiger partial charge in [0.15, 0.2) is 0 Å². The van der Waals surface area contributed by atoms with Crippen LogP contribution in [0.4, 0.5) is 0 Å². The second-order valence-corrected chi connectivity index (χ2v) is 7.85. The van der Waals surface area contributed by atoms with Crippen molar-refractivity contribution in [3.05, 3.63) is 0 Å². The minimum atomic E-state index is -0.323. The lowest BCUT2D eigenvalue weighted by atomic mass is 10.0. The van der Waals surface area contributed by atoms with Gasteiger partial charge in [0.05, 0.1) is 25.7 Å². The van der Waals surface area contributed by atoms with E-state index in [4.69, 9.17) is 4.74 Å². The summed E-state index contributed by atoms with van der Waals surface area (Å²) in [5.41, 5.74) is 0. The Bertz CT molecular complexity index is 452. The Morgan fingerprint density at radius 3 is 2.69 bits per heavy atom. The van der Waals surface area contributed by atoms with E-state index in [0.717, 1.165) is 65.3 Å². The molecule has 0 aromatic carbocycles. The number of carbonyl (C=O) groups is 2. The van der Waals surface area contributed by atoms with E-state index in [1.54, 1.807) is 4.90 Å². The second-order valence-electron chi connectivity index (χ2n) is 7.85. The highest BCUT2D eigenvalue weighted by molar-refractivity contribution is 5.88. The Kier molecular flexibility index (Phi) is 8.81. The van der Waals surface area contributed by atoms with Gasteiger partial charge in [-0.15, -0.1) is 0 Å². The lowest BCUT2D eigenvalue weighted by Gasteiger charge is -2.35. The van der Waals surface area contributed by atoms with E-state index in [1.165, 1.54) is 0 Å². The van der Waals surface area contributed by atoms with Crippen LogP contribution in [0, 0.1) is 5.92 Å². The average Bonchev–Trinajstić information content (AvgIpc) is 2.62. The van der Waals surface area contributed by atoms with Crippen molar-refractivity contribution in [1.82, 2.24) is 20.0 Å². The van der Waals surface area contributed by atoms with Gasteiger partial charge in [-0.05, 0) is 25.3 Å². The van der Waals surface area contributed by atoms with Crippen LogP contribution in [0.25, 0.3) is 0 Å². The first kappa shape index (κ1) is 21.1. The molecule has 2 rings (SSSR count). The molecule has 2 heterocycles. The summed E-state index contributed by atoms with van der Waals surface area (Å²) in [5, 5.41) is 2.91. The summed E-state index contributed by atoms with van der Waals surface area (Å²) < 4.78 is 5.36. The third-order valence-corrected chi connectivity index (χ3v) is 5.30. The molecular weight excluding hydrogens is 332 g/mol. The van der Waals surface area contributed by atoms with Gasteiger partial charge < -0.3 is 15.0 Å². The number of hydrogen-bond acceptors (Lipinski definition) is 5. The van der Waals surface area contributed by atoms with Crippen molar-refractivity contribution in [2.24, 2.45) is 5.92 Å². The molecule has 0 aromatic heterocycles. The first-order valence-corrected chi connectivity index (χ1v) is 10.0. The Morgan fingerprint density at radius 1 is 1.27 bits per heavy atom. The molecular formula is C19H36N4O3. The predicted octanol–water partition coefficient (Wildman–Crippen LogP) is 0.404. The van der Waals surface area contributed by atoms with Gasteiger partial charge in [-0.1, -0.05) is 13.8 Å². The van der Waals surface area contributed by atoms with Crippen molar-refractivity contribution in [3.63, 3.8) is 0 Å². The van der Waals surface area contributed by atoms with Crippen LogP contribution in [0.5, 0.6) is 0 Å². The van der Waals surface area contributed by atoms with Crippen LogP contribution in [0.1, 0.15) is 33.1 Å². The highest BCUT2D eigenvalue weighted by atomic mass is 16.5. The first-order chi connectivity index (χ1) is 12.5. The van der Waals surface area contributed by atoms with Crippen molar-refractivity contribution in [3.8, 4) is 0 Å². The van der Waals surface area contributed by atoms with Gasteiger partial charge in [0.2, 0.25) is 11.8 Å². The molecule has 2 saturated heterocycles. The Balaban J connectivity index is 1.76. The van der Waals surface area contributed by atoms with Crippen LogP contribution in [-0.2, 0) is 14.3 Å². The summed E-state index contributed by atoms with van der Waals surface area (Å²) >= 11 is 0. The third kappa shape index (κ3) is 6.85. The van der Waals surface area contributed by atoms with E-state index >= 15 is 0 Å². The number of nitrogens with zero attached hydrogens (tertiary/aromatic N) is 3. The van der Waals surface area contributed by atoms with E-state index in [9.17, 15) is 9.59 Å². The fraction of sp³-hybridized carbons (Fsp3) is 0.895. The normalized spacial score (nSPS) is 22.5. The van der Waals surface area contributed by atoms with Gasteiger partial charge in [0.25, 0.3) is 0 Å². The van der Waals surface area contributed by atoms with Crippen molar-refractivity contribution in [1.29, 1.82) is 0 Å². The minimum Gasteiger partial charge on any atom is -0.379 e. The van der Waals surface area contributed by atoms with Gasteiger partial charge in [0.1, 0.15) is 0 Å². The molecule has 0 spiro atoms. The zero-order valence-corrected chi connectivity index (χ0v) is 16.7. The van der Waals surface area contributed by atoms with Gasteiger partial charge in [-0.25, -0.2) is 0 Å². The van der Waals surface area contributed by atoms with Crippen molar-refractivity contribution in [2.75, 3.05) is 66.1 Å². The summed E-state index contributed by atoms with van der Waals surface area (Å²) in [5.74, 6) is 0.651. The van der Waals surface area contributed by atoms with E-state index in [-0.39, 0.29) is 24.3 Å². The molecule has 7 heteroatoms. The lowest BCUT2D eigenvalue weighted by molar-refractivity contribution is -0.138. The van der Waals surface area contributed by atoms with Crippen LogP contribution >= 0.6 is 0 Å². The monoisotopic (exact) mass is 368 g/mol. The van der Waals surface area contributed by atoms with Gasteiger partial charge in [0, 0.05) is 46.3 Å². The standard InChI is InChI=1S/C19H36N4O3/c1-16(2)5-9-23-10-6-20-19(25)17(23)15-18(24)21(3)7-4-8-22-11-13-26-14-12-22/h16-17H,4-15H2,1-3H3,(H,20,25)/t17-/m1/s1. The molecule has 26 heavy (non-hydrogen) atoms. The molecule has 0 bridgehead atoms. The van der Waals surface area contributed by atoms with Crippen molar-refractivity contribution in [2.45, 2.75) is 39.2 Å². The van der Waals surface area contributed by atoms with Crippen LogP contribution in [0.3, 0.4) is 0 Å². The van der Waals surface area contributed by atoms with Crippen molar-refractivity contribution >= 4 is 11.8 Å². The van der Waals surface area contributed by atoms with Gasteiger partial charge in [-0.3, -0.25) is 19.4 Å². The van der Waals surface area contributed by atoms with E-state index in [0.29, 0.717) is 12.5 Å². The fourth-order valence-corrected chi connectivity index (χ4v) is 3.48. The lowest BCUT2D eigenvalue weighted by Crippen LogP contribution is -2.56. The molecule has 150 valence electrons. The molecule has 1 atom stereocenters. The summed E-state index contributed by atoms with van der Waals surface area (Å²) in [6, 6.07) is -0.323. The molecule has 0 saturated carbocycles. The SMILES string of the molecule is CC(C)CCN1CCNC(=O)[C@H]1CC(=O)N(C)CCCN1CCOCC1. The van der Waals surface area contributed by atoms with Crippen LogP contribution in [-0.4, -0.2) is 98.6 Å². The molecule has 0 aliphatic carbocycles. The quantitative estimate of drug-likeness (QED) is 0.638. The second kappa shape index (κ2) is 10.8. The maximum absolute atomic E-state index is 12.6. The largest absolute Gasteiger partial charge is 0.379 e. The van der Waals surface area contributed by atoms with Crippen LogP contribution in [0.2, 0.25) is 0 Å². The zero-order chi connectivity index (χ0) is 18.9. The summed E-state index contributed by atoms with van der Waals surface area (Å²) in [4.78, 5) is 31.2. The highest BCUT2D eigenvalue weighted by Gasteiger charge is 2.32. The number of nitrogens with one attached hydrogen (secondary N) is 1. The number of carbonyl (C=O) groups excluding carboxylic acids is 2. The Hall–Kier alpha value is -1.18. The molecule has 2 amide bonds. The number of piperazine rings is 1. The predicted molar refractivity (Wildman–Crippen MR) is 102 cm³/mol. The van der Waals surface area contributed by atoms with Crippen LogP contribution in [0.15, 0.2) is 0 Å². The van der Waals surface area contributed by atoms with Gasteiger partial charge >= 0.3 is 0 Å². The topological polar surface area (TPSA) is 65.1 Å². The summed E-state index contributed by atoms with van der Waals surface area (Å²) in [6.07, 6.45) is 2.28. The Labute approximate surface area is 158 Å². The molecule has 0 aromatic rings. The number of hydrogen-bond donors (Lipinski definition) is 1. The summed E-state index contributed by atoms with van der Waals surface area (Å²) in [7, 11) is 1.85. The molecule has 7 nitrogen and oxygen atoms in total. The molecule has 2 aliphatic rings. The molecule has 2 fully saturated rings. The molecule has 0 unspecified atom stereocenters. The van der Waals surface area contributed by atoms with Crippen LogP contribution < -0.4 is 5.32 Å². The molecule has 0 radical (unpaired) electrons. The molecule has 1 N–H and O–H groups in total. The number of amides is 2. The van der Waals surface area contributed by atoms with E-state index in [1.807, 2.05) is 7.05 Å². The number of ether oxygens (including phenoxy) is 1. The zero-order valence-electron chi connectivity index (χ0n) is 16.7. The molecule has 2 aliphatic heterocycles.